The average molecular weight is 667 g/mol. The Kier molecular flexibility index (Phi) is 13.3. The Labute approximate surface area is 259 Å². The van der Waals surface area contributed by atoms with Crippen molar-refractivity contribution in [2.24, 2.45) is 0 Å². The van der Waals surface area contributed by atoms with Gasteiger partial charge in [-0.15, -0.1) is 69.1 Å². The SMILES string of the molecule is CCc1cc2c(-c3ccc(C)o3)cccc2[cH-]1.CCc1cc2c(-c3ccc(C)o3)cccc2[cH-]1.C[Si]C.[Cl][Zr+2][Cl]. The Morgan fingerprint density at radius 2 is 1.05 bits per heavy atom. The van der Waals surface area contributed by atoms with Gasteiger partial charge >= 0.3 is 37.9 Å². The molecule has 2 aromatic heterocycles. The second-order valence-electron chi connectivity index (χ2n) is 9.44. The van der Waals surface area contributed by atoms with E-state index in [-0.39, 0.29) is 0 Å². The third kappa shape index (κ3) is 8.46. The fourth-order valence-electron chi connectivity index (χ4n) is 4.59. The van der Waals surface area contributed by atoms with Gasteiger partial charge in [0, 0.05) is 9.52 Å². The van der Waals surface area contributed by atoms with E-state index in [1.54, 1.807) is 0 Å². The normalized spacial score (nSPS) is 10.2. The molecule has 6 heteroatoms. The van der Waals surface area contributed by atoms with Crippen LogP contribution < -0.4 is 0 Å². The molecule has 0 fully saturated rings. The number of hydrogen-bond donors (Lipinski definition) is 0. The summed E-state index contributed by atoms with van der Waals surface area (Å²) >= 11 is -0.826. The summed E-state index contributed by atoms with van der Waals surface area (Å²) in [6, 6.07) is 29.9. The van der Waals surface area contributed by atoms with Crippen LogP contribution in [0.4, 0.5) is 0 Å². The molecule has 0 atom stereocenters. The first-order valence-electron chi connectivity index (χ1n) is 13.4. The summed E-state index contributed by atoms with van der Waals surface area (Å²) in [5.41, 5.74) is 5.15. The van der Waals surface area contributed by atoms with Crippen molar-refractivity contribution in [3.05, 3.63) is 108 Å². The molecule has 0 saturated heterocycles. The van der Waals surface area contributed by atoms with E-state index in [1.165, 1.54) is 43.8 Å². The second kappa shape index (κ2) is 16.4. The number of aryl methyl sites for hydroxylation is 4. The summed E-state index contributed by atoms with van der Waals surface area (Å²) in [6.45, 7) is 12.6. The molecule has 6 aromatic rings. The molecule has 0 aliphatic carbocycles. The molecular formula is C34H36Cl2O2SiZr. The molecule has 0 aliphatic heterocycles. The van der Waals surface area contributed by atoms with Gasteiger partial charge in [-0.3, -0.25) is 0 Å². The summed E-state index contributed by atoms with van der Waals surface area (Å²) in [5.74, 6) is 3.83. The van der Waals surface area contributed by atoms with E-state index in [2.05, 4.69) is 87.6 Å². The maximum atomic E-state index is 5.72. The molecule has 0 saturated carbocycles. The van der Waals surface area contributed by atoms with Gasteiger partial charge in [0.1, 0.15) is 23.0 Å². The minimum absolute atomic E-state index is 0.826. The van der Waals surface area contributed by atoms with Crippen LogP contribution in [0.3, 0.4) is 0 Å². The number of benzene rings is 2. The molecule has 2 radical (unpaired) electrons. The molecular weight excluding hydrogens is 631 g/mol. The van der Waals surface area contributed by atoms with Gasteiger partial charge in [0.2, 0.25) is 0 Å². The molecule has 2 nitrogen and oxygen atoms in total. The zero-order valence-electron chi connectivity index (χ0n) is 24.1. The van der Waals surface area contributed by atoms with E-state index >= 15 is 0 Å². The number of fused-ring (bicyclic) bond motifs is 2. The van der Waals surface area contributed by atoms with Gasteiger partial charge in [-0.2, -0.15) is 12.1 Å². The fraction of sp³-hybridized carbons (Fsp3) is 0.235. The van der Waals surface area contributed by atoms with E-state index in [4.69, 9.17) is 25.9 Å². The summed E-state index contributed by atoms with van der Waals surface area (Å²) in [4.78, 5) is 0. The molecule has 2 heterocycles. The molecule has 206 valence electrons. The maximum absolute atomic E-state index is 5.72. The van der Waals surface area contributed by atoms with Gasteiger partial charge < -0.3 is 8.83 Å². The molecule has 40 heavy (non-hydrogen) atoms. The monoisotopic (exact) mass is 664 g/mol. The van der Waals surface area contributed by atoms with Crippen molar-refractivity contribution in [2.75, 3.05) is 0 Å². The Bertz CT molecular complexity index is 1480. The number of hydrogen-bond acceptors (Lipinski definition) is 2. The van der Waals surface area contributed by atoms with E-state index in [1.807, 2.05) is 38.1 Å². The molecule has 4 aromatic carbocycles. The molecule has 0 N–H and O–H groups in total. The molecule has 0 spiro atoms. The van der Waals surface area contributed by atoms with Gasteiger partial charge in [-0.25, -0.2) is 0 Å². The number of halogens is 2. The molecule has 0 aliphatic rings. The first-order valence-corrected chi connectivity index (χ1v) is 21.8. The standard InChI is InChI=1S/2C16H15O.C2H6Si.2ClH.Zr/c2*1-3-12-9-13-5-4-6-14(15(13)10-12)16-8-7-11(2)17-16;1-3-2;;;/h2*4-10H,3H2,1-2H3;1-2H3;2*1H;/q2*-1;;;;+4/p-2. The van der Waals surface area contributed by atoms with Crippen molar-refractivity contribution >= 4 is 48.1 Å². The van der Waals surface area contributed by atoms with Gasteiger partial charge in [0.05, 0.1) is 0 Å². The van der Waals surface area contributed by atoms with Crippen LogP contribution in [0.25, 0.3) is 44.2 Å². The van der Waals surface area contributed by atoms with E-state index < -0.39 is 20.8 Å². The average Bonchev–Trinajstić information content (AvgIpc) is 3.75. The predicted octanol–water partition coefficient (Wildman–Crippen LogP) is 11.5. The van der Waals surface area contributed by atoms with Crippen LogP contribution in [-0.2, 0) is 33.7 Å². The van der Waals surface area contributed by atoms with E-state index in [9.17, 15) is 0 Å². The van der Waals surface area contributed by atoms with Crippen molar-refractivity contribution < 1.29 is 29.7 Å². The Morgan fingerprint density at radius 1 is 0.675 bits per heavy atom. The number of rotatable bonds is 4. The van der Waals surface area contributed by atoms with E-state index in [0.29, 0.717) is 0 Å². The van der Waals surface area contributed by atoms with Crippen LogP contribution >= 0.6 is 17.0 Å². The predicted molar refractivity (Wildman–Crippen MR) is 172 cm³/mol. The topological polar surface area (TPSA) is 26.3 Å². The van der Waals surface area contributed by atoms with Crippen molar-refractivity contribution in [2.45, 2.75) is 53.6 Å². The second-order valence-corrected chi connectivity index (χ2v) is 14.2. The Balaban J connectivity index is 0.000000185. The van der Waals surface area contributed by atoms with Crippen LogP contribution in [0.5, 0.6) is 0 Å². The summed E-state index contributed by atoms with van der Waals surface area (Å²) < 4.78 is 11.4. The van der Waals surface area contributed by atoms with Crippen molar-refractivity contribution in [3.63, 3.8) is 0 Å². The third-order valence-corrected chi connectivity index (χ3v) is 6.45. The minimum atomic E-state index is -0.826. The van der Waals surface area contributed by atoms with Crippen LogP contribution in [0, 0.1) is 13.8 Å². The van der Waals surface area contributed by atoms with Gasteiger partial charge in [-0.1, -0.05) is 39.1 Å². The quantitative estimate of drug-likeness (QED) is 0.138. The summed E-state index contributed by atoms with van der Waals surface area (Å²) in [7, 11) is 11.0. The zero-order valence-corrected chi connectivity index (χ0v) is 29.0. The fourth-order valence-corrected chi connectivity index (χ4v) is 4.59. The van der Waals surface area contributed by atoms with Crippen LogP contribution in [0.1, 0.15) is 36.5 Å². The van der Waals surface area contributed by atoms with Gasteiger partial charge in [-0.05, 0) is 62.1 Å². The van der Waals surface area contributed by atoms with Crippen molar-refractivity contribution in [3.8, 4) is 22.6 Å². The molecule has 6 rings (SSSR count). The zero-order chi connectivity index (χ0) is 29.1. The van der Waals surface area contributed by atoms with Gasteiger partial charge in [0.15, 0.2) is 0 Å². The van der Waals surface area contributed by atoms with Crippen LogP contribution in [0.15, 0.2) is 93.8 Å². The summed E-state index contributed by atoms with van der Waals surface area (Å²) in [6.07, 6.45) is 2.15. The van der Waals surface area contributed by atoms with Gasteiger partial charge in [0.25, 0.3) is 0 Å². The first kappa shape index (κ1) is 32.4. The van der Waals surface area contributed by atoms with Crippen LogP contribution in [-0.4, -0.2) is 9.52 Å². The molecule has 0 bridgehead atoms. The van der Waals surface area contributed by atoms with Crippen LogP contribution in [0.2, 0.25) is 13.1 Å². The number of furan rings is 2. The Morgan fingerprint density at radius 3 is 1.35 bits per heavy atom. The van der Waals surface area contributed by atoms with Crippen molar-refractivity contribution in [1.29, 1.82) is 0 Å². The van der Waals surface area contributed by atoms with E-state index in [0.717, 1.165) is 45.4 Å². The summed E-state index contributed by atoms with van der Waals surface area (Å²) in [5, 5.41) is 5.18. The first-order chi connectivity index (χ1) is 19.4. The molecule has 0 amide bonds. The molecule has 0 unspecified atom stereocenters. The van der Waals surface area contributed by atoms with Crippen molar-refractivity contribution in [1.82, 2.24) is 0 Å². The third-order valence-electron chi connectivity index (χ3n) is 6.45. The Hall–Kier alpha value is -2.10.